The van der Waals surface area contributed by atoms with Crippen molar-refractivity contribution < 1.29 is 0 Å². The highest BCUT2D eigenvalue weighted by molar-refractivity contribution is 7.00. The Morgan fingerprint density at radius 2 is 0.558 bits per heavy atom. The Morgan fingerprint density at radius 3 is 0.971 bits per heavy atom. The molecule has 16 aromatic rings. The normalized spacial score (nSPS) is 13.5. The molecule has 510 valence electrons. The zero-order valence-electron chi connectivity index (χ0n) is 62.8. The second kappa shape index (κ2) is 23.2. The summed E-state index contributed by atoms with van der Waals surface area (Å²) in [6.07, 6.45) is 0. The summed E-state index contributed by atoms with van der Waals surface area (Å²) in [5, 5.41) is 7.43. The van der Waals surface area contributed by atoms with E-state index in [1.54, 1.807) is 0 Å². The van der Waals surface area contributed by atoms with Crippen molar-refractivity contribution in [2.45, 2.75) is 131 Å². The second-order valence-corrected chi connectivity index (χ2v) is 34.7. The van der Waals surface area contributed by atoms with E-state index in [9.17, 15) is 0 Å². The van der Waals surface area contributed by atoms with E-state index in [0.717, 1.165) is 45.3 Å². The lowest BCUT2D eigenvalue weighted by Crippen LogP contribution is -2.61. The van der Waals surface area contributed by atoms with E-state index in [1.165, 1.54) is 138 Å². The molecule has 0 fully saturated rings. The summed E-state index contributed by atoms with van der Waals surface area (Å²) in [6, 6.07) is 105. The van der Waals surface area contributed by atoms with Crippen LogP contribution in [0, 0.1) is 0 Å². The van der Waals surface area contributed by atoms with Crippen LogP contribution in [0.15, 0.2) is 273 Å². The molecule has 13 aromatic carbocycles. The Bertz CT molecular complexity index is 6110. The molecule has 2 aliphatic rings. The number of hydrogen-bond acceptors (Lipinski definition) is 2. The summed E-state index contributed by atoms with van der Waals surface area (Å²) in [5.41, 5.74) is 31.9. The molecule has 2 aliphatic heterocycles. The van der Waals surface area contributed by atoms with Crippen LogP contribution in [0.4, 0.5) is 34.1 Å². The highest BCUT2D eigenvalue weighted by Gasteiger charge is 2.46. The molecule has 104 heavy (non-hydrogen) atoms. The van der Waals surface area contributed by atoms with Crippen molar-refractivity contribution >= 4 is 123 Å². The summed E-state index contributed by atoms with van der Waals surface area (Å²) >= 11 is 0. The first-order chi connectivity index (χ1) is 49.8. The Kier molecular flexibility index (Phi) is 14.5. The molecule has 0 N–H and O–H groups in total. The van der Waals surface area contributed by atoms with E-state index in [0.29, 0.717) is 0 Å². The van der Waals surface area contributed by atoms with Crippen LogP contribution >= 0.6 is 0 Å². The van der Waals surface area contributed by atoms with E-state index in [2.05, 4.69) is 400 Å². The zero-order chi connectivity index (χ0) is 71.8. The maximum absolute atomic E-state index is 2.69. The Balaban J connectivity index is 0.969. The number of anilines is 6. The molecule has 0 bridgehead atoms. The number of benzene rings is 13. The van der Waals surface area contributed by atoms with E-state index in [1.807, 2.05) is 0 Å². The van der Waals surface area contributed by atoms with Crippen molar-refractivity contribution in [1.29, 1.82) is 0 Å². The van der Waals surface area contributed by atoms with Gasteiger partial charge in [0.05, 0.1) is 44.5 Å². The highest BCUT2D eigenvalue weighted by Crippen LogP contribution is 2.53. The summed E-state index contributed by atoms with van der Waals surface area (Å²) in [4.78, 5) is 5.37. The average molecular weight is 1350 g/mol. The van der Waals surface area contributed by atoms with Crippen LogP contribution < -0.4 is 26.2 Å². The lowest BCUT2D eigenvalue weighted by Gasteiger charge is -2.46. The summed E-state index contributed by atoms with van der Waals surface area (Å²) in [6.45, 7) is 35.0. The standard InChI is InChI=1S/C98H90BN5/c1-94(2,3)63-39-47-83(73(51-63)61-29-19-16-20-30-61)103-89-57-69(101-85-49-41-65(96(7,8)9)53-75(85)76-54-66(97(10,11)12)42-50-86(76)101)43-45-79(89)99-80-46-44-70(102-82-38-28-26-36-72(82)78-59-87-77(60-88(78)102)71-35-25-27-37-81(71)100(87)68-33-23-18-24-34-68)58-90(80)104(92-56-67(98(13,14)15)55-91(103)93(92)99)84-48-40-64(95(4,5)6)52-74(84)62-31-21-17-22-32-62/h16-60H,1-15H3. The molecular formula is C98H90BN5. The maximum Gasteiger partial charge on any atom is 0.252 e. The van der Waals surface area contributed by atoms with Crippen LogP contribution in [0.25, 0.3) is 105 Å². The molecule has 0 amide bonds. The van der Waals surface area contributed by atoms with Crippen molar-refractivity contribution in [3.8, 4) is 39.3 Å². The van der Waals surface area contributed by atoms with Gasteiger partial charge in [0.2, 0.25) is 0 Å². The molecule has 6 heteroatoms. The number of fused-ring (bicyclic) bond motifs is 13. The van der Waals surface area contributed by atoms with Crippen molar-refractivity contribution in [2.75, 3.05) is 9.80 Å². The molecule has 0 atom stereocenters. The monoisotopic (exact) mass is 1350 g/mol. The van der Waals surface area contributed by atoms with Gasteiger partial charge in [0, 0.05) is 83.3 Å². The minimum Gasteiger partial charge on any atom is -0.311 e. The fourth-order valence-corrected chi connectivity index (χ4v) is 17.1. The number of para-hydroxylation sites is 3. The number of aromatic nitrogens is 3. The Labute approximate surface area is 613 Å². The molecule has 5 heterocycles. The van der Waals surface area contributed by atoms with Crippen LogP contribution in [0.3, 0.4) is 0 Å². The number of nitrogens with zero attached hydrogens (tertiary/aromatic N) is 5. The van der Waals surface area contributed by atoms with Crippen LogP contribution in [0.5, 0.6) is 0 Å². The first-order valence-corrected chi connectivity index (χ1v) is 37.3. The summed E-state index contributed by atoms with van der Waals surface area (Å²) < 4.78 is 7.56. The summed E-state index contributed by atoms with van der Waals surface area (Å²) in [5.74, 6) is 0. The fourth-order valence-electron chi connectivity index (χ4n) is 17.1. The van der Waals surface area contributed by atoms with E-state index in [4.69, 9.17) is 0 Å². The predicted molar refractivity (Wildman–Crippen MR) is 448 cm³/mol. The van der Waals surface area contributed by atoms with Gasteiger partial charge in [0.25, 0.3) is 6.71 Å². The molecule has 0 aliphatic carbocycles. The van der Waals surface area contributed by atoms with Gasteiger partial charge in [-0.25, -0.2) is 0 Å². The molecule has 0 radical (unpaired) electrons. The second-order valence-electron chi connectivity index (χ2n) is 34.7. The largest absolute Gasteiger partial charge is 0.311 e. The van der Waals surface area contributed by atoms with Crippen molar-refractivity contribution in [3.63, 3.8) is 0 Å². The molecular weight excluding hydrogens is 1260 g/mol. The SMILES string of the molecule is CC(C)(C)c1ccc(N2c3cc(-n4c5ccc(C(C)(C)C)cc5c5cc(C(C)(C)C)ccc54)ccc3B3c4ccc(-n5c6ccccc6c6cc7c(cc65)c5ccccc5n7-c5ccccc5)cc4N(c4ccc(C(C)(C)C)cc4-c4ccccc4)c4cc(C(C)(C)C)cc2c43)c(-c2ccccc2)c1. The van der Waals surface area contributed by atoms with E-state index < -0.39 is 0 Å². The smallest absolute Gasteiger partial charge is 0.252 e. The zero-order valence-corrected chi connectivity index (χ0v) is 62.8. The maximum atomic E-state index is 2.69. The van der Waals surface area contributed by atoms with Crippen LogP contribution in [-0.2, 0) is 27.1 Å². The van der Waals surface area contributed by atoms with Gasteiger partial charge in [0.15, 0.2) is 0 Å². The van der Waals surface area contributed by atoms with Gasteiger partial charge in [-0.1, -0.05) is 256 Å². The van der Waals surface area contributed by atoms with Gasteiger partial charge >= 0.3 is 0 Å². The Hall–Kier alpha value is -11.1. The molecule has 0 saturated heterocycles. The fraction of sp³-hybridized carbons (Fsp3) is 0.204. The number of rotatable bonds is 7. The van der Waals surface area contributed by atoms with Crippen molar-refractivity contribution in [2.24, 2.45) is 0 Å². The lowest BCUT2D eigenvalue weighted by molar-refractivity contribution is 0.590. The van der Waals surface area contributed by atoms with Gasteiger partial charge < -0.3 is 23.5 Å². The van der Waals surface area contributed by atoms with Crippen LogP contribution in [-0.4, -0.2) is 20.4 Å². The minimum absolute atomic E-state index is 0.0406. The van der Waals surface area contributed by atoms with Crippen molar-refractivity contribution in [3.05, 3.63) is 301 Å². The topological polar surface area (TPSA) is 21.3 Å². The average Bonchev–Trinajstić information content (AvgIpc) is 0.788. The van der Waals surface area contributed by atoms with Gasteiger partial charge in [0.1, 0.15) is 0 Å². The van der Waals surface area contributed by atoms with Crippen LogP contribution in [0.1, 0.15) is 132 Å². The van der Waals surface area contributed by atoms with E-state index >= 15 is 0 Å². The van der Waals surface area contributed by atoms with Gasteiger partial charge in [-0.3, -0.25) is 0 Å². The molecule has 18 rings (SSSR count). The third kappa shape index (κ3) is 10.3. The first kappa shape index (κ1) is 65.0. The van der Waals surface area contributed by atoms with E-state index in [-0.39, 0.29) is 33.8 Å². The predicted octanol–water partition coefficient (Wildman–Crippen LogP) is 24.9. The lowest BCUT2D eigenvalue weighted by atomic mass is 9.33. The molecule has 0 unspecified atom stereocenters. The molecule has 5 nitrogen and oxygen atoms in total. The van der Waals surface area contributed by atoms with Gasteiger partial charge in [-0.15, -0.1) is 0 Å². The minimum atomic E-state index is -0.280. The highest BCUT2D eigenvalue weighted by atomic mass is 15.2. The summed E-state index contributed by atoms with van der Waals surface area (Å²) in [7, 11) is 0. The van der Waals surface area contributed by atoms with Crippen molar-refractivity contribution in [1.82, 2.24) is 13.7 Å². The van der Waals surface area contributed by atoms with Gasteiger partial charge in [-0.05, 0) is 204 Å². The quantitative estimate of drug-likeness (QED) is 0.148. The van der Waals surface area contributed by atoms with Crippen LogP contribution in [0.2, 0.25) is 0 Å². The molecule has 3 aromatic heterocycles. The first-order valence-electron chi connectivity index (χ1n) is 37.3. The van der Waals surface area contributed by atoms with Gasteiger partial charge in [-0.2, -0.15) is 0 Å². The Morgan fingerprint density at radius 1 is 0.221 bits per heavy atom. The third-order valence-corrected chi connectivity index (χ3v) is 22.8. The third-order valence-electron chi connectivity index (χ3n) is 22.8. The molecule has 0 saturated carbocycles. The molecule has 0 spiro atoms. The number of hydrogen-bond donors (Lipinski definition) is 0.